The Hall–Kier alpha value is -1.91. The first-order chi connectivity index (χ1) is 8.83. The molecule has 0 bridgehead atoms. The largest absolute Gasteiger partial charge is 0.268 e. The maximum absolute atomic E-state index is 11.8. The van der Waals surface area contributed by atoms with Crippen LogP contribution in [-0.4, -0.2) is 15.9 Å². The lowest BCUT2D eigenvalue weighted by molar-refractivity contribution is -0.116. The van der Waals surface area contributed by atoms with Gasteiger partial charge in [0.25, 0.3) is 5.91 Å². The zero-order chi connectivity index (χ0) is 12.4. The van der Waals surface area contributed by atoms with Gasteiger partial charge in [0.15, 0.2) is 0 Å². The minimum absolute atomic E-state index is 0.115. The first kappa shape index (κ1) is 11.2. The quantitative estimate of drug-likeness (QED) is 0.610. The molecule has 94 valence electrons. The number of carbonyl (C=O) groups is 1. The molecule has 0 spiro atoms. The van der Waals surface area contributed by atoms with E-state index in [2.05, 4.69) is 20.8 Å². The third kappa shape index (κ3) is 2.85. The Balaban J connectivity index is 1.56. The molecule has 1 aromatic heterocycles. The fraction of sp³-hybridized carbons (Fsp3) is 0.462. The molecule has 0 aliphatic heterocycles. The van der Waals surface area contributed by atoms with Crippen LogP contribution in [0, 0.1) is 11.8 Å². The van der Waals surface area contributed by atoms with E-state index in [0.29, 0.717) is 17.8 Å². The summed E-state index contributed by atoms with van der Waals surface area (Å²) in [5, 5.41) is 0. The molecule has 1 heterocycles. The zero-order valence-corrected chi connectivity index (χ0v) is 10.1. The average molecular weight is 244 g/mol. The molecule has 1 aromatic rings. The molecule has 2 aliphatic rings. The van der Waals surface area contributed by atoms with Crippen molar-refractivity contribution in [3.05, 3.63) is 30.1 Å². The molecular formula is C13H16N4O. The Bertz CT molecular complexity index is 449. The van der Waals surface area contributed by atoms with E-state index in [1.165, 1.54) is 31.3 Å². The molecule has 5 heteroatoms. The average Bonchev–Trinajstić information content (AvgIpc) is 3.28. The van der Waals surface area contributed by atoms with E-state index in [-0.39, 0.29) is 5.91 Å². The second kappa shape index (κ2) is 4.76. The number of hydrogen-bond donors (Lipinski definition) is 2. The first-order valence-electron chi connectivity index (χ1n) is 6.37. The monoisotopic (exact) mass is 244 g/mol. The smallest absolute Gasteiger partial charge is 0.262 e. The van der Waals surface area contributed by atoms with E-state index in [9.17, 15) is 4.79 Å². The highest BCUT2D eigenvalue weighted by molar-refractivity contribution is 5.89. The first-order valence-corrected chi connectivity index (χ1v) is 6.37. The summed E-state index contributed by atoms with van der Waals surface area (Å²) in [7, 11) is 0. The van der Waals surface area contributed by atoms with E-state index in [1.54, 1.807) is 24.5 Å². The van der Waals surface area contributed by atoms with Crippen LogP contribution in [0.3, 0.4) is 0 Å². The Labute approximate surface area is 106 Å². The molecule has 0 aromatic carbocycles. The molecule has 2 aliphatic carbocycles. The number of allylic oxidation sites excluding steroid dienone is 1. The molecule has 0 unspecified atom stereocenters. The van der Waals surface area contributed by atoms with Crippen LogP contribution in [0.15, 0.2) is 30.1 Å². The summed E-state index contributed by atoms with van der Waals surface area (Å²) in [6.07, 6.45) is 9.96. The summed E-state index contributed by atoms with van der Waals surface area (Å²) in [4.78, 5) is 19.7. The molecule has 0 saturated heterocycles. The van der Waals surface area contributed by atoms with Crippen LogP contribution in [0.2, 0.25) is 0 Å². The standard InChI is InChI=1S/C13H16N4O/c18-12(16-17-13-14-6-1-7-15-13)8-11(9-2-3-9)10-4-5-10/h1,6-10H,2-5H2,(H,16,18)(H,14,15,17). The van der Waals surface area contributed by atoms with Gasteiger partial charge in [-0.3, -0.25) is 15.6 Å². The minimum Gasteiger partial charge on any atom is -0.268 e. The van der Waals surface area contributed by atoms with Crippen molar-refractivity contribution in [3.8, 4) is 0 Å². The van der Waals surface area contributed by atoms with Gasteiger partial charge in [0.05, 0.1) is 0 Å². The van der Waals surface area contributed by atoms with Crippen LogP contribution in [0.1, 0.15) is 25.7 Å². The van der Waals surface area contributed by atoms with Gasteiger partial charge in [-0.1, -0.05) is 5.57 Å². The van der Waals surface area contributed by atoms with Crippen LogP contribution in [0.4, 0.5) is 5.95 Å². The van der Waals surface area contributed by atoms with Crippen molar-refractivity contribution in [2.45, 2.75) is 25.7 Å². The van der Waals surface area contributed by atoms with Crippen molar-refractivity contribution in [1.29, 1.82) is 0 Å². The van der Waals surface area contributed by atoms with Gasteiger partial charge in [-0.15, -0.1) is 0 Å². The van der Waals surface area contributed by atoms with Crippen LogP contribution < -0.4 is 10.9 Å². The van der Waals surface area contributed by atoms with Gasteiger partial charge in [-0.2, -0.15) is 0 Å². The van der Waals surface area contributed by atoms with Gasteiger partial charge < -0.3 is 0 Å². The molecule has 18 heavy (non-hydrogen) atoms. The molecule has 2 fully saturated rings. The topological polar surface area (TPSA) is 66.9 Å². The third-order valence-corrected chi connectivity index (χ3v) is 3.26. The fourth-order valence-corrected chi connectivity index (χ4v) is 2.07. The number of hydrogen-bond acceptors (Lipinski definition) is 4. The summed E-state index contributed by atoms with van der Waals surface area (Å²) in [6, 6.07) is 1.73. The van der Waals surface area contributed by atoms with E-state index in [4.69, 9.17) is 0 Å². The summed E-state index contributed by atoms with van der Waals surface area (Å²) in [6.45, 7) is 0. The van der Waals surface area contributed by atoms with Gasteiger partial charge in [0.1, 0.15) is 0 Å². The lowest BCUT2D eigenvalue weighted by atomic mass is 10.1. The van der Waals surface area contributed by atoms with E-state index in [0.717, 1.165) is 0 Å². The number of amides is 1. The predicted octanol–water partition coefficient (Wildman–Crippen LogP) is 1.67. The third-order valence-electron chi connectivity index (χ3n) is 3.26. The Kier molecular flexibility index (Phi) is 2.96. The Morgan fingerprint density at radius 3 is 2.33 bits per heavy atom. The van der Waals surface area contributed by atoms with E-state index >= 15 is 0 Å². The Morgan fingerprint density at radius 1 is 1.17 bits per heavy atom. The maximum Gasteiger partial charge on any atom is 0.262 e. The molecular weight excluding hydrogens is 228 g/mol. The molecule has 5 nitrogen and oxygen atoms in total. The van der Waals surface area contributed by atoms with Crippen molar-refractivity contribution >= 4 is 11.9 Å². The minimum atomic E-state index is -0.115. The number of nitrogens with one attached hydrogen (secondary N) is 2. The highest BCUT2D eigenvalue weighted by Crippen LogP contribution is 2.48. The second-order valence-electron chi connectivity index (χ2n) is 4.88. The highest BCUT2D eigenvalue weighted by atomic mass is 16.2. The molecule has 2 saturated carbocycles. The number of hydrazine groups is 1. The predicted molar refractivity (Wildman–Crippen MR) is 67.3 cm³/mol. The van der Waals surface area contributed by atoms with Gasteiger partial charge >= 0.3 is 0 Å². The van der Waals surface area contributed by atoms with Gasteiger partial charge in [-0.25, -0.2) is 9.97 Å². The molecule has 0 radical (unpaired) electrons. The summed E-state index contributed by atoms with van der Waals surface area (Å²) >= 11 is 0. The van der Waals surface area contributed by atoms with Crippen molar-refractivity contribution < 1.29 is 4.79 Å². The number of nitrogens with zero attached hydrogens (tertiary/aromatic N) is 2. The maximum atomic E-state index is 11.8. The van der Waals surface area contributed by atoms with Crippen LogP contribution in [0.5, 0.6) is 0 Å². The van der Waals surface area contributed by atoms with E-state index < -0.39 is 0 Å². The fourth-order valence-electron chi connectivity index (χ4n) is 2.07. The Morgan fingerprint density at radius 2 is 1.78 bits per heavy atom. The van der Waals surface area contributed by atoms with Gasteiger partial charge in [-0.05, 0) is 43.6 Å². The molecule has 2 N–H and O–H groups in total. The number of aromatic nitrogens is 2. The van der Waals surface area contributed by atoms with Crippen molar-refractivity contribution in [2.24, 2.45) is 11.8 Å². The SMILES string of the molecule is O=C(C=C(C1CC1)C1CC1)NNc1ncccn1. The van der Waals surface area contributed by atoms with Gasteiger partial charge in [0.2, 0.25) is 5.95 Å². The van der Waals surface area contributed by atoms with Crippen molar-refractivity contribution in [1.82, 2.24) is 15.4 Å². The lowest BCUT2D eigenvalue weighted by Gasteiger charge is -2.06. The summed E-state index contributed by atoms with van der Waals surface area (Å²) in [5.74, 6) is 1.61. The number of carbonyl (C=O) groups excluding carboxylic acids is 1. The van der Waals surface area contributed by atoms with Gasteiger partial charge in [0, 0.05) is 18.5 Å². The molecule has 1 amide bonds. The van der Waals surface area contributed by atoms with Crippen molar-refractivity contribution in [2.75, 3.05) is 5.43 Å². The second-order valence-corrected chi connectivity index (χ2v) is 4.88. The number of rotatable bonds is 5. The molecule has 0 atom stereocenters. The van der Waals surface area contributed by atoms with Crippen LogP contribution in [0.25, 0.3) is 0 Å². The summed E-state index contributed by atoms with van der Waals surface area (Å²) in [5.41, 5.74) is 6.64. The van der Waals surface area contributed by atoms with Crippen molar-refractivity contribution in [3.63, 3.8) is 0 Å². The lowest BCUT2D eigenvalue weighted by Crippen LogP contribution is -2.29. The highest BCUT2D eigenvalue weighted by Gasteiger charge is 2.36. The molecule has 3 rings (SSSR count). The zero-order valence-electron chi connectivity index (χ0n) is 10.1. The van der Waals surface area contributed by atoms with Crippen LogP contribution in [-0.2, 0) is 4.79 Å². The number of anilines is 1. The summed E-state index contributed by atoms with van der Waals surface area (Å²) < 4.78 is 0. The van der Waals surface area contributed by atoms with E-state index in [1.807, 2.05) is 0 Å². The van der Waals surface area contributed by atoms with Crippen LogP contribution >= 0.6 is 0 Å². The normalized spacial score (nSPS) is 18.0.